The number of benzene rings is 3. The van der Waals surface area contributed by atoms with Gasteiger partial charge in [0.25, 0.3) is 5.91 Å². The van der Waals surface area contributed by atoms with E-state index in [0.717, 1.165) is 11.1 Å². The molecule has 0 aliphatic heterocycles. The van der Waals surface area contributed by atoms with Crippen molar-refractivity contribution in [1.29, 1.82) is 0 Å². The number of nitrogens with zero attached hydrogens (tertiary/aromatic N) is 1. The normalized spacial score (nSPS) is 11.6. The topological polar surface area (TPSA) is 61.4 Å². The summed E-state index contributed by atoms with van der Waals surface area (Å²) in [7, 11) is 0. The van der Waals surface area contributed by atoms with Gasteiger partial charge in [0.1, 0.15) is 0 Å². The Labute approximate surface area is 194 Å². The van der Waals surface area contributed by atoms with Crippen molar-refractivity contribution in [2.24, 2.45) is 0 Å². The van der Waals surface area contributed by atoms with Gasteiger partial charge in [0.2, 0.25) is 5.91 Å². The summed E-state index contributed by atoms with van der Waals surface area (Å²) in [6.07, 6.45) is 0. The molecule has 32 heavy (non-hydrogen) atoms. The highest BCUT2D eigenvalue weighted by atomic mass is 35.5. The molecule has 5 nitrogen and oxygen atoms in total. The molecule has 1 atom stereocenters. The summed E-state index contributed by atoms with van der Waals surface area (Å²) in [5.41, 5.74) is 3.34. The number of nitrogens with one attached hydrogen (secondary N) is 2. The first kappa shape index (κ1) is 23.5. The summed E-state index contributed by atoms with van der Waals surface area (Å²) in [5, 5.41) is 6.89. The predicted molar refractivity (Wildman–Crippen MR) is 130 cm³/mol. The second kappa shape index (κ2) is 11.5. The molecule has 3 aromatic carbocycles. The van der Waals surface area contributed by atoms with Gasteiger partial charge in [0.05, 0.1) is 12.6 Å². The van der Waals surface area contributed by atoms with Gasteiger partial charge in [-0.05, 0) is 61.4 Å². The number of hydrogen-bond acceptors (Lipinski definition) is 3. The molecule has 6 heteroatoms. The molecule has 0 bridgehead atoms. The van der Waals surface area contributed by atoms with Crippen LogP contribution < -0.4 is 10.6 Å². The Morgan fingerprint density at radius 3 is 2.03 bits per heavy atom. The van der Waals surface area contributed by atoms with Crippen LogP contribution in [0.3, 0.4) is 0 Å². The molecule has 0 heterocycles. The molecule has 3 aromatic rings. The molecule has 0 saturated carbocycles. The smallest absolute Gasteiger partial charge is 0.253 e. The molecule has 3 rings (SSSR count). The van der Waals surface area contributed by atoms with E-state index in [2.05, 4.69) is 10.6 Å². The van der Waals surface area contributed by atoms with Crippen molar-refractivity contribution >= 4 is 29.1 Å². The summed E-state index contributed by atoms with van der Waals surface area (Å²) < 4.78 is 0. The van der Waals surface area contributed by atoms with E-state index in [1.165, 1.54) is 0 Å². The molecular weight excluding hydrogens is 422 g/mol. The number of amides is 2. The molecule has 0 unspecified atom stereocenters. The number of carbonyl (C=O) groups excluding carboxylic acids is 2. The first-order valence-electron chi connectivity index (χ1n) is 10.7. The average Bonchev–Trinajstić information content (AvgIpc) is 2.82. The number of anilines is 1. The Balaban J connectivity index is 1.64. The van der Waals surface area contributed by atoms with Crippen molar-refractivity contribution in [2.75, 3.05) is 25.0 Å². The molecule has 0 spiro atoms. The molecule has 2 N–H and O–H groups in total. The standard InChI is InChI=1S/C26H28ClN3O2/c1-3-30(4-2)26(32)21-12-16-23(17-13-21)29-24(31)18-28-25(19-8-6-5-7-9-19)20-10-14-22(27)15-11-20/h5-17,25,28H,3-4,18H2,1-2H3,(H,29,31)/t25-/m1/s1. The quantitative estimate of drug-likeness (QED) is 0.475. The van der Waals surface area contributed by atoms with Crippen LogP contribution in [0.1, 0.15) is 41.4 Å². The minimum Gasteiger partial charge on any atom is -0.339 e. The zero-order valence-electron chi connectivity index (χ0n) is 18.3. The fourth-order valence-electron chi connectivity index (χ4n) is 3.52. The van der Waals surface area contributed by atoms with Gasteiger partial charge in [-0.1, -0.05) is 54.1 Å². The molecular formula is C26H28ClN3O2. The van der Waals surface area contributed by atoms with Crippen LogP contribution in [-0.2, 0) is 4.79 Å². The maximum Gasteiger partial charge on any atom is 0.253 e. The van der Waals surface area contributed by atoms with E-state index in [-0.39, 0.29) is 24.4 Å². The van der Waals surface area contributed by atoms with E-state index in [0.29, 0.717) is 29.4 Å². The van der Waals surface area contributed by atoms with Crippen LogP contribution in [0.15, 0.2) is 78.9 Å². The Kier molecular flexibility index (Phi) is 8.42. The van der Waals surface area contributed by atoms with E-state index >= 15 is 0 Å². The fraction of sp³-hybridized carbons (Fsp3) is 0.231. The van der Waals surface area contributed by atoms with Crippen LogP contribution in [0.2, 0.25) is 5.02 Å². The summed E-state index contributed by atoms with van der Waals surface area (Å²) in [6, 6.07) is 24.4. The fourth-order valence-corrected chi connectivity index (χ4v) is 3.64. The number of rotatable bonds is 9. The third-order valence-corrected chi connectivity index (χ3v) is 5.52. The van der Waals surface area contributed by atoms with Gasteiger partial charge >= 0.3 is 0 Å². The summed E-state index contributed by atoms with van der Waals surface area (Å²) in [4.78, 5) is 26.8. The minimum atomic E-state index is -0.164. The molecule has 166 valence electrons. The molecule has 0 saturated heterocycles. The number of halogens is 1. The van der Waals surface area contributed by atoms with Crippen molar-refractivity contribution < 1.29 is 9.59 Å². The molecule has 0 aliphatic rings. The molecule has 0 aromatic heterocycles. The second-order valence-corrected chi connectivity index (χ2v) is 7.82. The largest absolute Gasteiger partial charge is 0.339 e. The summed E-state index contributed by atoms with van der Waals surface area (Å²) in [6.45, 7) is 5.36. The van der Waals surface area contributed by atoms with Crippen LogP contribution in [0, 0.1) is 0 Å². The first-order chi connectivity index (χ1) is 15.5. The maximum atomic E-state index is 12.6. The Morgan fingerprint density at radius 2 is 1.44 bits per heavy atom. The van der Waals surface area contributed by atoms with E-state index in [1.807, 2.05) is 68.4 Å². The lowest BCUT2D eigenvalue weighted by molar-refractivity contribution is -0.115. The van der Waals surface area contributed by atoms with Crippen LogP contribution in [0.25, 0.3) is 0 Å². The van der Waals surface area contributed by atoms with Gasteiger partial charge in [-0.25, -0.2) is 0 Å². The monoisotopic (exact) mass is 449 g/mol. The minimum absolute atomic E-state index is 0.0109. The highest BCUT2D eigenvalue weighted by Gasteiger charge is 2.16. The van der Waals surface area contributed by atoms with Gasteiger partial charge in [-0.15, -0.1) is 0 Å². The van der Waals surface area contributed by atoms with Crippen molar-refractivity contribution in [3.05, 3.63) is 101 Å². The lowest BCUT2D eigenvalue weighted by Crippen LogP contribution is -2.32. The average molecular weight is 450 g/mol. The lowest BCUT2D eigenvalue weighted by atomic mass is 9.99. The Hall–Kier alpha value is -3.15. The highest BCUT2D eigenvalue weighted by molar-refractivity contribution is 6.30. The van der Waals surface area contributed by atoms with Gasteiger partial charge in [-0.2, -0.15) is 0 Å². The molecule has 0 fully saturated rings. The van der Waals surface area contributed by atoms with E-state index < -0.39 is 0 Å². The lowest BCUT2D eigenvalue weighted by Gasteiger charge is -2.20. The third-order valence-electron chi connectivity index (χ3n) is 5.27. The van der Waals surface area contributed by atoms with Crippen LogP contribution in [-0.4, -0.2) is 36.3 Å². The van der Waals surface area contributed by atoms with Crippen molar-refractivity contribution in [2.45, 2.75) is 19.9 Å². The zero-order valence-corrected chi connectivity index (χ0v) is 19.1. The van der Waals surface area contributed by atoms with Gasteiger partial charge in [-0.3, -0.25) is 14.9 Å². The third kappa shape index (κ3) is 6.19. The maximum absolute atomic E-state index is 12.6. The molecule has 2 amide bonds. The van der Waals surface area contributed by atoms with Crippen LogP contribution in [0.5, 0.6) is 0 Å². The van der Waals surface area contributed by atoms with Gasteiger partial charge < -0.3 is 10.2 Å². The van der Waals surface area contributed by atoms with E-state index in [9.17, 15) is 9.59 Å². The second-order valence-electron chi connectivity index (χ2n) is 7.38. The Morgan fingerprint density at radius 1 is 0.844 bits per heavy atom. The summed E-state index contributed by atoms with van der Waals surface area (Å²) >= 11 is 6.04. The zero-order chi connectivity index (χ0) is 22.9. The first-order valence-corrected chi connectivity index (χ1v) is 11.1. The van der Waals surface area contributed by atoms with Crippen LogP contribution in [0.4, 0.5) is 5.69 Å². The van der Waals surface area contributed by atoms with E-state index in [4.69, 9.17) is 11.6 Å². The molecule has 0 radical (unpaired) electrons. The van der Waals surface area contributed by atoms with Crippen LogP contribution >= 0.6 is 11.6 Å². The van der Waals surface area contributed by atoms with E-state index in [1.54, 1.807) is 29.2 Å². The van der Waals surface area contributed by atoms with Crippen molar-refractivity contribution in [3.8, 4) is 0 Å². The van der Waals surface area contributed by atoms with Crippen molar-refractivity contribution in [3.63, 3.8) is 0 Å². The highest BCUT2D eigenvalue weighted by Crippen LogP contribution is 2.23. The van der Waals surface area contributed by atoms with Gasteiger partial charge in [0, 0.05) is 29.4 Å². The SMILES string of the molecule is CCN(CC)C(=O)c1ccc(NC(=O)CN[C@H](c2ccccc2)c2ccc(Cl)cc2)cc1. The van der Waals surface area contributed by atoms with Gasteiger partial charge in [0.15, 0.2) is 0 Å². The number of carbonyl (C=O) groups is 2. The summed E-state index contributed by atoms with van der Waals surface area (Å²) in [5.74, 6) is -0.175. The Bertz CT molecular complexity index is 1020. The molecule has 0 aliphatic carbocycles. The van der Waals surface area contributed by atoms with Crippen molar-refractivity contribution in [1.82, 2.24) is 10.2 Å². The number of hydrogen-bond donors (Lipinski definition) is 2. The predicted octanol–water partition coefficient (Wildman–Crippen LogP) is 5.14.